The summed E-state index contributed by atoms with van der Waals surface area (Å²) < 4.78 is 6.04. The van der Waals surface area contributed by atoms with E-state index in [1.54, 1.807) is 18.4 Å². The van der Waals surface area contributed by atoms with E-state index in [1.807, 2.05) is 18.2 Å². The summed E-state index contributed by atoms with van der Waals surface area (Å²) in [6.07, 6.45) is 2.49. The minimum absolute atomic E-state index is 0.284. The van der Waals surface area contributed by atoms with Crippen LogP contribution in [-0.4, -0.2) is 17.6 Å². The van der Waals surface area contributed by atoms with Gasteiger partial charge in [-0.2, -0.15) is 0 Å². The van der Waals surface area contributed by atoms with E-state index in [4.69, 9.17) is 9.52 Å². The smallest absolute Gasteiger partial charge is 0.335 e. The predicted octanol–water partition coefficient (Wildman–Crippen LogP) is 3.07. The summed E-state index contributed by atoms with van der Waals surface area (Å²) in [5, 5.41) is 12.2. The van der Waals surface area contributed by atoms with Crippen LogP contribution in [0.4, 0.5) is 0 Å². The fraction of sp³-hybridized carbons (Fsp3) is 0.214. The Morgan fingerprint density at radius 3 is 2.84 bits per heavy atom. The SMILES string of the molecule is O=C(O)c1ccc(CNCCc2ccco2)c(Br)c1. The number of aromatic carboxylic acids is 1. The second kappa shape index (κ2) is 6.54. The number of carbonyl (C=O) groups is 1. The van der Waals surface area contributed by atoms with Crippen molar-refractivity contribution in [1.29, 1.82) is 0 Å². The quantitative estimate of drug-likeness (QED) is 0.802. The highest BCUT2D eigenvalue weighted by molar-refractivity contribution is 9.10. The van der Waals surface area contributed by atoms with Crippen molar-refractivity contribution in [2.45, 2.75) is 13.0 Å². The minimum atomic E-state index is -0.918. The molecule has 0 amide bonds. The van der Waals surface area contributed by atoms with Crippen molar-refractivity contribution < 1.29 is 14.3 Å². The number of halogens is 1. The summed E-state index contributed by atoms with van der Waals surface area (Å²) in [5.74, 6) is 0.0332. The maximum atomic E-state index is 10.8. The molecule has 2 rings (SSSR count). The Morgan fingerprint density at radius 2 is 2.21 bits per heavy atom. The van der Waals surface area contributed by atoms with Gasteiger partial charge in [0.05, 0.1) is 11.8 Å². The number of hydrogen-bond acceptors (Lipinski definition) is 3. The third-order valence-corrected chi connectivity index (χ3v) is 3.48. The Kier molecular flexibility index (Phi) is 4.76. The molecule has 1 heterocycles. The van der Waals surface area contributed by atoms with Gasteiger partial charge in [0.2, 0.25) is 0 Å². The van der Waals surface area contributed by atoms with Crippen LogP contribution >= 0.6 is 15.9 Å². The third-order valence-electron chi connectivity index (χ3n) is 2.74. The van der Waals surface area contributed by atoms with Crippen LogP contribution in [0.25, 0.3) is 0 Å². The van der Waals surface area contributed by atoms with E-state index < -0.39 is 5.97 Å². The third kappa shape index (κ3) is 3.94. The molecule has 0 spiro atoms. The van der Waals surface area contributed by atoms with E-state index in [0.717, 1.165) is 28.8 Å². The van der Waals surface area contributed by atoms with Crippen LogP contribution in [0.1, 0.15) is 21.7 Å². The molecular formula is C14H14BrNO3. The zero-order valence-corrected chi connectivity index (χ0v) is 11.8. The molecular weight excluding hydrogens is 310 g/mol. The summed E-state index contributed by atoms with van der Waals surface area (Å²) >= 11 is 3.38. The largest absolute Gasteiger partial charge is 0.478 e. The molecule has 4 nitrogen and oxygen atoms in total. The van der Waals surface area contributed by atoms with Gasteiger partial charge in [0.15, 0.2) is 0 Å². The first-order chi connectivity index (χ1) is 9.16. The van der Waals surface area contributed by atoms with Gasteiger partial charge in [-0.3, -0.25) is 0 Å². The maximum absolute atomic E-state index is 10.8. The first-order valence-electron chi connectivity index (χ1n) is 5.91. The van der Waals surface area contributed by atoms with Gasteiger partial charge in [-0.15, -0.1) is 0 Å². The average molecular weight is 324 g/mol. The van der Waals surface area contributed by atoms with Crippen LogP contribution in [0.2, 0.25) is 0 Å². The maximum Gasteiger partial charge on any atom is 0.335 e. The topological polar surface area (TPSA) is 62.5 Å². The number of rotatable bonds is 6. The van der Waals surface area contributed by atoms with Gasteiger partial charge in [0.1, 0.15) is 5.76 Å². The van der Waals surface area contributed by atoms with Gasteiger partial charge in [-0.25, -0.2) is 4.79 Å². The molecule has 0 fully saturated rings. The zero-order chi connectivity index (χ0) is 13.7. The van der Waals surface area contributed by atoms with Crippen molar-refractivity contribution >= 4 is 21.9 Å². The summed E-state index contributed by atoms with van der Waals surface area (Å²) in [7, 11) is 0. The van der Waals surface area contributed by atoms with Crippen molar-refractivity contribution in [2.24, 2.45) is 0 Å². The number of furan rings is 1. The van der Waals surface area contributed by atoms with E-state index in [2.05, 4.69) is 21.2 Å². The normalized spacial score (nSPS) is 10.6. The first kappa shape index (κ1) is 13.8. The van der Waals surface area contributed by atoms with Crippen LogP contribution in [0.15, 0.2) is 45.5 Å². The van der Waals surface area contributed by atoms with Gasteiger partial charge in [-0.1, -0.05) is 22.0 Å². The summed E-state index contributed by atoms with van der Waals surface area (Å²) in [5.41, 5.74) is 1.32. The molecule has 2 N–H and O–H groups in total. The highest BCUT2D eigenvalue weighted by atomic mass is 79.9. The van der Waals surface area contributed by atoms with Crippen molar-refractivity contribution in [3.8, 4) is 0 Å². The molecule has 0 aliphatic rings. The van der Waals surface area contributed by atoms with Crippen LogP contribution < -0.4 is 5.32 Å². The molecule has 5 heteroatoms. The second-order valence-electron chi connectivity index (χ2n) is 4.12. The molecule has 2 aromatic rings. The number of hydrogen-bond donors (Lipinski definition) is 2. The lowest BCUT2D eigenvalue weighted by Gasteiger charge is -2.07. The van der Waals surface area contributed by atoms with E-state index in [-0.39, 0.29) is 5.56 Å². The molecule has 0 aliphatic carbocycles. The molecule has 0 unspecified atom stereocenters. The van der Waals surface area contributed by atoms with Crippen LogP contribution in [0, 0.1) is 0 Å². The fourth-order valence-corrected chi connectivity index (χ4v) is 2.23. The van der Waals surface area contributed by atoms with Crippen LogP contribution in [-0.2, 0) is 13.0 Å². The predicted molar refractivity (Wildman–Crippen MR) is 75.2 cm³/mol. The zero-order valence-electron chi connectivity index (χ0n) is 10.2. The average Bonchev–Trinajstić information content (AvgIpc) is 2.89. The van der Waals surface area contributed by atoms with Crippen LogP contribution in [0.3, 0.4) is 0 Å². The Labute approximate surface area is 119 Å². The van der Waals surface area contributed by atoms with Crippen molar-refractivity contribution in [1.82, 2.24) is 5.32 Å². The van der Waals surface area contributed by atoms with E-state index in [1.165, 1.54) is 0 Å². The van der Waals surface area contributed by atoms with E-state index in [9.17, 15) is 4.79 Å². The van der Waals surface area contributed by atoms with Gasteiger partial charge in [0.25, 0.3) is 0 Å². The Morgan fingerprint density at radius 1 is 1.37 bits per heavy atom. The lowest BCUT2D eigenvalue weighted by molar-refractivity contribution is 0.0697. The highest BCUT2D eigenvalue weighted by Crippen LogP contribution is 2.18. The van der Waals surface area contributed by atoms with E-state index in [0.29, 0.717) is 6.54 Å². The van der Waals surface area contributed by atoms with Crippen LogP contribution in [0.5, 0.6) is 0 Å². The van der Waals surface area contributed by atoms with Crippen molar-refractivity contribution in [3.05, 3.63) is 58.0 Å². The lowest BCUT2D eigenvalue weighted by Crippen LogP contribution is -2.16. The molecule has 1 aromatic carbocycles. The number of nitrogens with one attached hydrogen (secondary N) is 1. The number of carboxylic acids is 1. The van der Waals surface area contributed by atoms with Gasteiger partial charge in [0, 0.05) is 24.0 Å². The molecule has 0 radical (unpaired) electrons. The van der Waals surface area contributed by atoms with Crippen molar-refractivity contribution in [2.75, 3.05) is 6.54 Å². The summed E-state index contributed by atoms with van der Waals surface area (Å²) in [6, 6.07) is 8.85. The Hall–Kier alpha value is -1.59. The fourth-order valence-electron chi connectivity index (χ4n) is 1.71. The number of carboxylic acid groups (broad SMARTS) is 1. The Bertz CT molecular complexity index is 552. The van der Waals surface area contributed by atoms with Gasteiger partial charge in [-0.05, 0) is 29.8 Å². The first-order valence-corrected chi connectivity index (χ1v) is 6.71. The van der Waals surface area contributed by atoms with Gasteiger partial charge >= 0.3 is 5.97 Å². The lowest BCUT2D eigenvalue weighted by atomic mass is 10.1. The van der Waals surface area contributed by atoms with Crippen molar-refractivity contribution in [3.63, 3.8) is 0 Å². The standard InChI is InChI=1S/C14H14BrNO3/c15-13-8-10(14(17)18)3-4-11(13)9-16-6-5-12-2-1-7-19-12/h1-4,7-8,16H,5-6,9H2,(H,17,18). The van der Waals surface area contributed by atoms with Gasteiger partial charge < -0.3 is 14.8 Å². The molecule has 100 valence electrons. The summed E-state index contributed by atoms with van der Waals surface area (Å²) in [6.45, 7) is 1.49. The summed E-state index contributed by atoms with van der Waals surface area (Å²) in [4.78, 5) is 10.8. The van der Waals surface area contributed by atoms with E-state index >= 15 is 0 Å². The molecule has 0 saturated heterocycles. The highest BCUT2D eigenvalue weighted by Gasteiger charge is 2.06. The molecule has 1 aromatic heterocycles. The minimum Gasteiger partial charge on any atom is -0.478 e. The second-order valence-corrected chi connectivity index (χ2v) is 4.97. The molecule has 19 heavy (non-hydrogen) atoms. The molecule has 0 atom stereocenters. The molecule has 0 aliphatic heterocycles. The Balaban J connectivity index is 1.84. The monoisotopic (exact) mass is 323 g/mol. The number of benzene rings is 1. The molecule has 0 saturated carbocycles. The molecule has 0 bridgehead atoms.